The second kappa shape index (κ2) is 6.74. The minimum Gasteiger partial charge on any atom is -0.487 e. The van der Waals surface area contributed by atoms with E-state index in [2.05, 4.69) is 15.6 Å². The number of nitrogens with zero attached hydrogens (tertiary/aromatic N) is 2. The standard InChI is InChI=1S/C22H18N4O2/c27-22-18-5-1-2-6-19(18)24-21(25-22)15-8-10-17(11-9-15)28-14-16-13-26-12-4-3-7-20(26)23-16/h1-13,21,24H,14H2,(H,25,27). The van der Waals surface area contributed by atoms with Gasteiger partial charge in [0, 0.05) is 18.1 Å². The first-order valence-electron chi connectivity index (χ1n) is 9.08. The number of amides is 1. The van der Waals surface area contributed by atoms with E-state index in [4.69, 9.17) is 4.74 Å². The third-order valence-electron chi connectivity index (χ3n) is 4.76. The number of anilines is 1. The van der Waals surface area contributed by atoms with Crippen molar-refractivity contribution in [3.63, 3.8) is 0 Å². The number of aromatic nitrogens is 2. The summed E-state index contributed by atoms with van der Waals surface area (Å²) in [6, 6.07) is 21.1. The van der Waals surface area contributed by atoms with Crippen molar-refractivity contribution in [2.45, 2.75) is 12.8 Å². The van der Waals surface area contributed by atoms with Crippen LogP contribution in [0.15, 0.2) is 79.1 Å². The van der Waals surface area contributed by atoms with E-state index >= 15 is 0 Å². The number of imidazole rings is 1. The maximum atomic E-state index is 12.3. The molecule has 2 N–H and O–H groups in total. The van der Waals surface area contributed by atoms with Gasteiger partial charge in [-0.2, -0.15) is 0 Å². The topological polar surface area (TPSA) is 67.7 Å². The molecule has 4 aromatic rings. The van der Waals surface area contributed by atoms with Gasteiger partial charge in [-0.1, -0.05) is 30.3 Å². The molecule has 0 saturated carbocycles. The van der Waals surface area contributed by atoms with Gasteiger partial charge in [0.15, 0.2) is 0 Å². The number of hydrogen-bond donors (Lipinski definition) is 2. The predicted molar refractivity (Wildman–Crippen MR) is 106 cm³/mol. The lowest BCUT2D eigenvalue weighted by Gasteiger charge is -2.28. The zero-order valence-corrected chi connectivity index (χ0v) is 15.0. The first kappa shape index (κ1) is 16.4. The predicted octanol–water partition coefficient (Wildman–Crippen LogP) is 3.77. The van der Waals surface area contributed by atoms with Crippen LogP contribution < -0.4 is 15.4 Å². The van der Waals surface area contributed by atoms with Gasteiger partial charge < -0.3 is 19.8 Å². The van der Waals surface area contributed by atoms with E-state index in [0.29, 0.717) is 12.2 Å². The largest absolute Gasteiger partial charge is 0.487 e. The Balaban J connectivity index is 1.27. The average molecular weight is 370 g/mol. The van der Waals surface area contributed by atoms with Gasteiger partial charge in [0.1, 0.15) is 24.2 Å². The molecule has 1 amide bonds. The zero-order valence-electron chi connectivity index (χ0n) is 15.0. The van der Waals surface area contributed by atoms with Crippen molar-refractivity contribution >= 4 is 17.2 Å². The molecule has 6 nitrogen and oxygen atoms in total. The molecule has 1 aliphatic rings. The Hall–Kier alpha value is -3.80. The second-order valence-electron chi connectivity index (χ2n) is 6.65. The lowest BCUT2D eigenvalue weighted by atomic mass is 10.1. The van der Waals surface area contributed by atoms with Crippen LogP contribution in [0.25, 0.3) is 5.65 Å². The first-order chi connectivity index (χ1) is 13.8. The Morgan fingerprint density at radius 3 is 2.64 bits per heavy atom. The van der Waals surface area contributed by atoms with Crippen LogP contribution in [0.4, 0.5) is 5.69 Å². The summed E-state index contributed by atoms with van der Waals surface area (Å²) in [6.07, 6.45) is 3.65. The highest BCUT2D eigenvalue weighted by Gasteiger charge is 2.23. The van der Waals surface area contributed by atoms with E-state index in [1.807, 2.05) is 83.5 Å². The van der Waals surface area contributed by atoms with Crippen molar-refractivity contribution < 1.29 is 9.53 Å². The van der Waals surface area contributed by atoms with Crippen LogP contribution in [-0.4, -0.2) is 15.3 Å². The molecule has 2 aromatic heterocycles. The fourth-order valence-electron chi connectivity index (χ4n) is 3.34. The summed E-state index contributed by atoms with van der Waals surface area (Å²) in [6.45, 7) is 0.396. The van der Waals surface area contributed by atoms with Gasteiger partial charge in [0.05, 0.1) is 11.3 Å². The van der Waals surface area contributed by atoms with Gasteiger partial charge in [-0.25, -0.2) is 4.98 Å². The second-order valence-corrected chi connectivity index (χ2v) is 6.65. The molecule has 138 valence electrons. The molecule has 6 heteroatoms. The van der Waals surface area contributed by atoms with Crippen LogP contribution >= 0.6 is 0 Å². The quantitative estimate of drug-likeness (QED) is 0.574. The van der Waals surface area contributed by atoms with E-state index < -0.39 is 0 Å². The Labute approximate surface area is 161 Å². The van der Waals surface area contributed by atoms with Gasteiger partial charge in [-0.3, -0.25) is 4.79 Å². The van der Waals surface area contributed by atoms with Gasteiger partial charge in [-0.15, -0.1) is 0 Å². The molecule has 28 heavy (non-hydrogen) atoms. The van der Waals surface area contributed by atoms with Crippen LogP contribution in [0.3, 0.4) is 0 Å². The van der Waals surface area contributed by atoms with Gasteiger partial charge in [0.25, 0.3) is 5.91 Å². The SMILES string of the molecule is O=C1NC(c2ccc(OCc3cn4ccccc4n3)cc2)Nc2ccccc21. The number of nitrogens with one attached hydrogen (secondary N) is 2. The number of hydrogen-bond acceptors (Lipinski definition) is 4. The van der Waals surface area contributed by atoms with E-state index in [-0.39, 0.29) is 12.1 Å². The number of pyridine rings is 1. The summed E-state index contributed by atoms with van der Waals surface area (Å²) in [5.74, 6) is 0.676. The van der Waals surface area contributed by atoms with Crippen molar-refractivity contribution in [2.75, 3.05) is 5.32 Å². The van der Waals surface area contributed by atoms with E-state index in [1.54, 1.807) is 0 Å². The number of para-hydroxylation sites is 1. The van der Waals surface area contributed by atoms with E-state index in [0.717, 1.165) is 28.3 Å². The van der Waals surface area contributed by atoms with E-state index in [9.17, 15) is 4.79 Å². The lowest BCUT2D eigenvalue weighted by molar-refractivity contribution is 0.0935. The fourth-order valence-corrected chi connectivity index (χ4v) is 3.34. The zero-order chi connectivity index (χ0) is 18.9. The number of benzene rings is 2. The molecule has 5 rings (SSSR count). The molecule has 1 unspecified atom stereocenters. The third-order valence-corrected chi connectivity index (χ3v) is 4.76. The molecule has 0 aliphatic carbocycles. The molecule has 0 fully saturated rings. The first-order valence-corrected chi connectivity index (χ1v) is 9.08. The maximum Gasteiger partial charge on any atom is 0.255 e. The molecule has 0 bridgehead atoms. The highest BCUT2D eigenvalue weighted by Crippen LogP contribution is 2.27. The molecule has 2 aromatic carbocycles. The fraction of sp³-hybridized carbons (Fsp3) is 0.0909. The van der Waals surface area contributed by atoms with Crippen molar-refractivity contribution in [2.24, 2.45) is 0 Å². The molecule has 3 heterocycles. The van der Waals surface area contributed by atoms with Gasteiger partial charge >= 0.3 is 0 Å². The minimum atomic E-state index is -0.269. The lowest BCUT2D eigenvalue weighted by Crippen LogP contribution is -2.38. The molecule has 0 saturated heterocycles. The number of carbonyl (C=O) groups is 1. The summed E-state index contributed by atoms with van der Waals surface area (Å²) >= 11 is 0. The Kier molecular flexibility index (Phi) is 3.94. The van der Waals surface area contributed by atoms with Gasteiger partial charge in [-0.05, 0) is 42.0 Å². The summed E-state index contributed by atoms with van der Waals surface area (Å²) in [5.41, 5.74) is 4.22. The van der Waals surface area contributed by atoms with Crippen molar-refractivity contribution in [3.8, 4) is 5.75 Å². The van der Waals surface area contributed by atoms with Crippen molar-refractivity contribution in [1.29, 1.82) is 0 Å². The Morgan fingerprint density at radius 1 is 0.964 bits per heavy atom. The van der Waals surface area contributed by atoms with E-state index in [1.165, 1.54) is 0 Å². The molecule has 0 radical (unpaired) electrons. The van der Waals surface area contributed by atoms with Crippen LogP contribution in [0.5, 0.6) is 5.75 Å². The normalized spacial score (nSPS) is 15.6. The van der Waals surface area contributed by atoms with Crippen molar-refractivity contribution in [1.82, 2.24) is 14.7 Å². The smallest absolute Gasteiger partial charge is 0.255 e. The number of rotatable bonds is 4. The molecular weight excluding hydrogens is 352 g/mol. The Morgan fingerprint density at radius 2 is 1.79 bits per heavy atom. The Bertz CT molecular complexity index is 1120. The monoisotopic (exact) mass is 370 g/mol. The summed E-state index contributed by atoms with van der Waals surface area (Å²) in [7, 11) is 0. The average Bonchev–Trinajstić information content (AvgIpc) is 3.16. The molecular formula is C22H18N4O2. The number of fused-ring (bicyclic) bond motifs is 2. The summed E-state index contributed by atoms with van der Waals surface area (Å²) in [4.78, 5) is 16.8. The van der Waals surface area contributed by atoms with Crippen LogP contribution in [0.2, 0.25) is 0 Å². The minimum absolute atomic E-state index is 0.0773. The summed E-state index contributed by atoms with van der Waals surface area (Å²) < 4.78 is 7.83. The summed E-state index contributed by atoms with van der Waals surface area (Å²) in [5, 5.41) is 6.33. The van der Waals surface area contributed by atoms with Crippen molar-refractivity contribution in [3.05, 3.63) is 95.9 Å². The highest BCUT2D eigenvalue weighted by molar-refractivity contribution is 6.01. The molecule has 0 spiro atoms. The van der Waals surface area contributed by atoms with Crippen LogP contribution in [-0.2, 0) is 6.61 Å². The highest BCUT2D eigenvalue weighted by atomic mass is 16.5. The molecule has 1 atom stereocenters. The maximum absolute atomic E-state index is 12.3. The van der Waals surface area contributed by atoms with Crippen LogP contribution in [0.1, 0.15) is 27.8 Å². The molecule has 1 aliphatic heterocycles. The van der Waals surface area contributed by atoms with Gasteiger partial charge in [0.2, 0.25) is 0 Å². The van der Waals surface area contributed by atoms with Crippen LogP contribution in [0, 0.1) is 0 Å². The number of carbonyl (C=O) groups excluding carboxylic acids is 1. The number of ether oxygens (including phenoxy) is 1. The third kappa shape index (κ3) is 3.05.